The average Bonchev–Trinajstić information content (AvgIpc) is 0.856. The molecule has 0 aliphatic carbocycles. The molecule has 0 spiro atoms. The van der Waals surface area contributed by atoms with Crippen molar-refractivity contribution < 1.29 is 112 Å². The molecule has 0 saturated carbocycles. The Morgan fingerprint density at radius 2 is 1.50 bits per heavy atom. The smallest absolute Gasteiger partial charge is 0.404 e. The summed E-state index contributed by atoms with van der Waals surface area (Å²) in [4.78, 5) is 131. The second-order valence-corrected chi connectivity index (χ2v) is 32.9. The minimum Gasteiger partial charge on any atom is -0.441 e. The second-order valence-electron chi connectivity index (χ2n) is 25.8. The van der Waals surface area contributed by atoms with Gasteiger partial charge in [0.2, 0.25) is 29.5 Å². The Bertz CT molecular complexity index is 3700. The number of hydrogen-bond acceptors (Lipinski definition) is 33. The number of nitrogens with two attached hydrogens (primary N) is 5. The van der Waals surface area contributed by atoms with Crippen molar-refractivity contribution in [2.24, 2.45) is 28.9 Å². The van der Waals surface area contributed by atoms with E-state index in [0.717, 1.165) is 37.7 Å². The van der Waals surface area contributed by atoms with E-state index in [1.807, 2.05) is 0 Å². The normalized spacial score (nSPS) is 24.5. The van der Waals surface area contributed by atoms with Gasteiger partial charge in [-0.2, -0.15) is 0 Å². The molecule has 110 heavy (non-hydrogen) atoms. The van der Waals surface area contributed by atoms with E-state index in [4.69, 9.17) is 80.1 Å². The van der Waals surface area contributed by atoms with E-state index in [0.29, 0.717) is 53.7 Å². The molecule has 20 atom stereocenters. The molecule has 4 aromatic heterocycles. The fourth-order valence-electron chi connectivity index (χ4n) is 11.1. The summed E-state index contributed by atoms with van der Waals surface area (Å²) in [6, 6.07) is -7.85. The monoisotopic (exact) mass is 1670 g/mol. The molecule has 1 unspecified atom stereocenters. The molecule has 616 valence electrons. The molecule has 0 radical (unpaired) electrons. The van der Waals surface area contributed by atoms with E-state index in [2.05, 4.69) is 79.4 Å². The van der Waals surface area contributed by atoms with E-state index >= 15 is 4.79 Å². The number of primary amides is 3. The number of nitrogens with zero attached hydrogens (tertiary/aromatic N) is 6. The van der Waals surface area contributed by atoms with E-state index in [9.17, 15) is 79.0 Å². The van der Waals surface area contributed by atoms with Crippen LogP contribution in [0.15, 0.2) is 23.3 Å². The summed E-state index contributed by atoms with van der Waals surface area (Å²) < 4.78 is 47.9. The molecule has 7 heterocycles. The third kappa shape index (κ3) is 26.0. The Balaban J connectivity index is 0.00000121. The number of H-pyrrole nitrogens is 1. The highest BCUT2D eigenvalue weighted by Crippen LogP contribution is 2.48. The zero-order valence-electron chi connectivity index (χ0n) is 60.8. The molecular formula is C62H99Cl2N19O23PS3+. The first-order chi connectivity index (χ1) is 52.1. The van der Waals surface area contributed by atoms with Crippen molar-refractivity contribution in [3.05, 3.63) is 56.8 Å². The Hall–Kier alpha value is -6.61. The predicted molar refractivity (Wildman–Crippen MR) is 398 cm³/mol. The van der Waals surface area contributed by atoms with Gasteiger partial charge in [0.15, 0.2) is 18.7 Å². The number of ether oxygens (including phenoxy) is 5. The molecule has 7 rings (SSSR count). The molecule has 48 heteroatoms. The number of aliphatic hydroxyl groups is 8. The lowest BCUT2D eigenvalue weighted by molar-refractivity contribution is -0.372. The van der Waals surface area contributed by atoms with Gasteiger partial charge >= 0.3 is 13.8 Å². The van der Waals surface area contributed by atoms with Crippen LogP contribution in [-0.2, 0) is 74.1 Å². The van der Waals surface area contributed by atoms with E-state index in [1.54, 1.807) is 15.4 Å². The highest BCUT2D eigenvalue weighted by atomic mass is 35.5. The number of hydrogen-bond donors (Lipinski definition) is 21. The average molecular weight is 1680 g/mol. The molecule has 3 aliphatic heterocycles. The SMILES string of the molecule is Cc1c(N)nc([C@H](CC(N)=O)NC[C@H](N)C(N)=O)nc1C(=O)N[C@H](C(=O)N[C@H](C)[C@@H](O)[C@H](C)C(=O)N[C@H](C(=O)NCCc1nc(-c2nc(C(=O)NCCC[S+](C)C)cs2)cs1)[C@@H](C)O)[C@@H](O[C@@H]1O[C@@H](CO)[C@@H](O)[C@H](O)[C@@H]1O[C@H]1O[C@H](CO)[C@@H](O)[C@H](OC(N)=O)[C@@H]1O)c1cnc[nH]1.O=P1(N(CCCl)CCCl)NCCCO1. The van der Waals surface area contributed by atoms with Crippen LogP contribution in [0.2, 0.25) is 0 Å². The van der Waals surface area contributed by atoms with Crippen LogP contribution in [0.4, 0.5) is 10.6 Å². The molecule has 3 aliphatic rings. The first kappa shape index (κ1) is 92.3. The van der Waals surface area contributed by atoms with Crippen LogP contribution < -0.4 is 65.7 Å². The number of aromatic nitrogens is 6. The van der Waals surface area contributed by atoms with Crippen LogP contribution in [0.3, 0.4) is 0 Å². The van der Waals surface area contributed by atoms with E-state index < -0.39 is 190 Å². The van der Waals surface area contributed by atoms with Crippen LogP contribution in [0.25, 0.3) is 10.7 Å². The molecular weight excluding hydrogens is 1580 g/mol. The lowest BCUT2D eigenvalue weighted by Crippen LogP contribution is -2.65. The lowest BCUT2D eigenvalue weighted by Gasteiger charge is -2.47. The van der Waals surface area contributed by atoms with Gasteiger partial charge in [-0.15, -0.1) is 45.9 Å². The Kier molecular flexibility index (Phi) is 37.0. The third-order valence-electron chi connectivity index (χ3n) is 17.2. The number of nitrogens with one attached hydrogen (secondary N) is 8. The minimum atomic E-state index is -2.84. The summed E-state index contributed by atoms with van der Waals surface area (Å²) in [5.41, 5.74) is 28.1. The van der Waals surface area contributed by atoms with Gasteiger partial charge < -0.3 is 135 Å². The molecule has 0 bridgehead atoms. The van der Waals surface area contributed by atoms with Crippen LogP contribution in [0.5, 0.6) is 0 Å². The van der Waals surface area contributed by atoms with Gasteiger partial charge in [0, 0.05) is 86.6 Å². The van der Waals surface area contributed by atoms with Gasteiger partial charge in [-0.1, -0.05) is 6.92 Å². The van der Waals surface area contributed by atoms with Gasteiger partial charge in [0.1, 0.15) is 100 Å². The van der Waals surface area contributed by atoms with Crippen molar-refractivity contribution in [2.45, 2.75) is 163 Å². The number of amides is 8. The first-order valence-electron chi connectivity index (χ1n) is 34.4. The number of nitrogen functional groups attached to an aromatic ring is 1. The molecule has 3 fully saturated rings. The number of halogens is 2. The fraction of sp³-hybridized carbons (Fsp3) is 0.661. The van der Waals surface area contributed by atoms with E-state index in [1.165, 1.54) is 50.4 Å². The standard InChI is InChI=1S/C55H83N17O21S3.C7H15Cl2N2O2P/c1-20-33(69-46(72-44(20)58)25(12-31(57)76)64-13-24(56)45(59)82)50(86)71-35(41(26-14-61-19-65-26)91-54-43(39(80)37(78)29(15-73)90-54)92-53-40(81)42(93-55(60)88)38(79)30(16-74)89-53)51(87)66-22(3)36(77)21(2)47(83)70-34(23(4)75)49(85)63-10-8-32-67-28(18-94-32)52-68-27(17-95-52)48(84)62-9-7-11-96(5)6;8-2-5-11(6-3-9)14(12)10-4-1-7-13-14/h14,17-19,21-25,29-30,34-43,53-54,64,73-75,77-81H,7-13,15-16,56H2,1-6H3,(H13-,57,58,59,60,61,62,63,65,66,69,70,71,72,76,82,83,84,85,86,87,88);1-7H2,(H,10,12)/p+1/t21-,22+,23+,24-,25-,29-,30+,34-,35-,36-,37+,38+,39-,40-,41-,42-,43-,53+,54-;/m0./s1. The first-order valence-corrected chi connectivity index (χ1v) is 41.1. The Morgan fingerprint density at radius 1 is 0.818 bits per heavy atom. The van der Waals surface area contributed by atoms with Crippen molar-refractivity contribution in [2.75, 3.05) is 94.8 Å². The maximum Gasteiger partial charge on any atom is 0.404 e. The number of anilines is 1. The van der Waals surface area contributed by atoms with Crippen LogP contribution in [0.1, 0.15) is 95.2 Å². The number of rotatable bonds is 40. The van der Waals surface area contributed by atoms with Crippen molar-refractivity contribution >= 4 is 118 Å². The Morgan fingerprint density at radius 3 is 2.10 bits per heavy atom. The highest BCUT2D eigenvalue weighted by molar-refractivity contribution is 7.95. The largest absolute Gasteiger partial charge is 0.441 e. The topological polar surface area (TPSA) is 669 Å². The summed E-state index contributed by atoms with van der Waals surface area (Å²) in [5, 5.41) is 111. The van der Waals surface area contributed by atoms with Gasteiger partial charge in [0.25, 0.3) is 11.8 Å². The molecule has 3 saturated heterocycles. The predicted octanol–water partition coefficient (Wildman–Crippen LogP) is -5.82. The number of carbonyl (C=O) groups is 8. The maximum absolute atomic E-state index is 15.2. The summed E-state index contributed by atoms with van der Waals surface area (Å²) in [6.07, 6.45) is -19.1. The summed E-state index contributed by atoms with van der Waals surface area (Å²) in [5.74, 6) is -6.84. The van der Waals surface area contributed by atoms with Gasteiger partial charge in [-0.3, -0.25) is 38.1 Å². The maximum atomic E-state index is 15.2. The number of alkyl halides is 2. The summed E-state index contributed by atoms with van der Waals surface area (Å²) in [7, 11) is -2.59. The Labute approximate surface area is 652 Å². The quantitative estimate of drug-likeness (QED) is 0.00854. The molecule has 4 aromatic rings. The van der Waals surface area contributed by atoms with Gasteiger partial charge in [-0.25, -0.2) is 39.5 Å². The number of aliphatic hydroxyl groups excluding tert-OH is 8. The van der Waals surface area contributed by atoms with Crippen LogP contribution in [0, 0.1) is 12.8 Å². The molecule has 26 N–H and O–H groups in total. The van der Waals surface area contributed by atoms with Gasteiger partial charge in [0.05, 0.1) is 91.8 Å². The fourth-order valence-corrected chi connectivity index (χ4v) is 16.1. The summed E-state index contributed by atoms with van der Waals surface area (Å²) >= 11 is 13.8. The number of imidazole rings is 1. The van der Waals surface area contributed by atoms with Crippen molar-refractivity contribution in [1.82, 2.24) is 71.6 Å². The molecule has 0 aromatic carbocycles. The van der Waals surface area contributed by atoms with Crippen molar-refractivity contribution in [3.8, 4) is 10.7 Å². The lowest BCUT2D eigenvalue weighted by atomic mass is 9.96. The summed E-state index contributed by atoms with van der Waals surface area (Å²) in [6.45, 7) is 5.48. The highest BCUT2D eigenvalue weighted by Gasteiger charge is 2.54. The minimum absolute atomic E-state index is 0.00498. The van der Waals surface area contributed by atoms with Crippen molar-refractivity contribution in [1.29, 1.82) is 0 Å². The molecule has 42 nitrogen and oxygen atoms in total. The number of thiazole rings is 2. The third-order valence-corrected chi connectivity index (χ3v) is 22.8. The van der Waals surface area contributed by atoms with Crippen LogP contribution in [-0.4, -0.2) is 310 Å². The van der Waals surface area contributed by atoms with E-state index in [-0.39, 0.29) is 64.9 Å². The zero-order chi connectivity index (χ0) is 81.4. The van der Waals surface area contributed by atoms with Gasteiger partial charge in [-0.05, 0) is 38.1 Å². The zero-order valence-corrected chi connectivity index (χ0v) is 65.6. The number of aromatic amines is 1. The second kappa shape index (κ2) is 44.2. The molecule has 8 amide bonds. The van der Waals surface area contributed by atoms with Crippen LogP contribution >= 0.6 is 53.5 Å². The van der Waals surface area contributed by atoms with Crippen molar-refractivity contribution in [3.63, 3.8) is 0 Å². The number of carbonyl (C=O) groups excluding carboxylic acids is 8.